The lowest BCUT2D eigenvalue weighted by Crippen LogP contribution is -2.46. The zero-order valence-corrected chi connectivity index (χ0v) is 12.1. The number of ether oxygens (including phenoxy) is 2. The number of amides is 1. The molecule has 0 aromatic rings. The van der Waals surface area contributed by atoms with E-state index in [9.17, 15) is 4.79 Å². The van der Waals surface area contributed by atoms with Crippen LogP contribution in [0.2, 0.25) is 0 Å². The maximum absolute atomic E-state index is 12.2. The maximum atomic E-state index is 12.2. The Hall–Kier alpha value is -0.650. The molecule has 0 aromatic heterocycles. The van der Waals surface area contributed by atoms with Crippen LogP contribution < -0.4 is 5.32 Å². The highest BCUT2D eigenvalue weighted by Gasteiger charge is 2.27. The maximum Gasteiger partial charge on any atom is 0.251 e. The Balaban J connectivity index is 1.74. The first-order chi connectivity index (χ1) is 9.20. The summed E-state index contributed by atoms with van der Waals surface area (Å²) in [5.41, 5.74) is 0. The molecule has 0 aromatic carbocycles. The van der Waals surface area contributed by atoms with E-state index in [-0.39, 0.29) is 18.1 Å². The molecule has 2 aliphatic rings. The Labute approximate surface area is 115 Å². The van der Waals surface area contributed by atoms with Crippen LogP contribution >= 0.6 is 0 Å². The molecule has 1 atom stereocenters. The lowest BCUT2D eigenvalue weighted by atomic mass is 9.93. The van der Waals surface area contributed by atoms with Crippen LogP contribution in [0.15, 0.2) is 0 Å². The molecule has 2 fully saturated rings. The van der Waals surface area contributed by atoms with Gasteiger partial charge in [-0.15, -0.1) is 0 Å². The van der Waals surface area contributed by atoms with Gasteiger partial charge in [-0.3, -0.25) is 4.79 Å². The largest absolute Gasteiger partial charge is 0.378 e. The quantitative estimate of drug-likeness (QED) is 0.820. The van der Waals surface area contributed by atoms with Gasteiger partial charge in [-0.05, 0) is 39.7 Å². The standard InChI is InChI=1S/C14H26N2O3/c1-11(14(17)16-7-9-18-10-8-16)19-13-5-3-12(15-2)4-6-13/h11-13,15H,3-10H2,1-2H3. The molecule has 1 heterocycles. The van der Waals surface area contributed by atoms with Crippen molar-refractivity contribution in [3.05, 3.63) is 0 Å². The van der Waals surface area contributed by atoms with E-state index in [1.807, 2.05) is 18.9 Å². The first-order valence-electron chi connectivity index (χ1n) is 7.40. The molecular formula is C14H26N2O3. The predicted octanol–water partition coefficient (Wildman–Crippen LogP) is 0.781. The highest BCUT2D eigenvalue weighted by atomic mass is 16.5. The lowest BCUT2D eigenvalue weighted by Gasteiger charge is -2.33. The summed E-state index contributed by atoms with van der Waals surface area (Å²) in [7, 11) is 2.01. The topological polar surface area (TPSA) is 50.8 Å². The second-order valence-electron chi connectivity index (χ2n) is 5.48. The van der Waals surface area contributed by atoms with Crippen molar-refractivity contribution in [2.45, 2.75) is 50.9 Å². The number of carbonyl (C=O) groups is 1. The van der Waals surface area contributed by atoms with Crippen LogP contribution in [0.5, 0.6) is 0 Å². The van der Waals surface area contributed by atoms with Crippen LogP contribution in [0.1, 0.15) is 32.6 Å². The van der Waals surface area contributed by atoms with Gasteiger partial charge >= 0.3 is 0 Å². The van der Waals surface area contributed by atoms with Crippen molar-refractivity contribution in [1.82, 2.24) is 10.2 Å². The normalized spacial score (nSPS) is 30.1. The summed E-state index contributed by atoms with van der Waals surface area (Å²) >= 11 is 0. The molecule has 0 radical (unpaired) electrons. The van der Waals surface area contributed by atoms with E-state index in [1.165, 1.54) is 0 Å². The Bertz CT molecular complexity index is 284. The van der Waals surface area contributed by atoms with Gasteiger partial charge in [0.05, 0.1) is 19.3 Å². The van der Waals surface area contributed by atoms with Crippen molar-refractivity contribution in [2.24, 2.45) is 0 Å². The monoisotopic (exact) mass is 270 g/mol. The van der Waals surface area contributed by atoms with E-state index in [1.54, 1.807) is 0 Å². The fraction of sp³-hybridized carbons (Fsp3) is 0.929. The van der Waals surface area contributed by atoms with Crippen LogP contribution in [0.3, 0.4) is 0 Å². The summed E-state index contributed by atoms with van der Waals surface area (Å²) < 4.78 is 11.2. The van der Waals surface area contributed by atoms with Crippen LogP contribution in [-0.2, 0) is 14.3 Å². The zero-order chi connectivity index (χ0) is 13.7. The smallest absolute Gasteiger partial charge is 0.251 e. The molecule has 5 heteroatoms. The summed E-state index contributed by atoms with van der Waals surface area (Å²) in [6.45, 7) is 4.55. The van der Waals surface area contributed by atoms with Crippen molar-refractivity contribution in [2.75, 3.05) is 33.4 Å². The van der Waals surface area contributed by atoms with E-state index >= 15 is 0 Å². The van der Waals surface area contributed by atoms with Gasteiger partial charge < -0.3 is 19.7 Å². The Kier molecular flexibility index (Phi) is 5.60. The second-order valence-corrected chi connectivity index (χ2v) is 5.48. The van der Waals surface area contributed by atoms with Gasteiger partial charge in [0.25, 0.3) is 5.91 Å². The van der Waals surface area contributed by atoms with Gasteiger partial charge in [0, 0.05) is 19.1 Å². The number of hydrogen-bond donors (Lipinski definition) is 1. The van der Waals surface area contributed by atoms with Crippen LogP contribution in [0.4, 0.5) is 0 Å². The number of nitrogens with zero attached hydrogens (tertiary/aromatic N) is 1. The minimum Gasteiger partial charge on any atom is -0.378 e. The van der Waals surface area contributed by atoms with E-state index in [2.05, 4.69) is 5.32 Å². The zero-order valence-electron chi connectivity index (χ0n) is 12.1. The van der Waals surface area contributed by atoms with Gasteiger partial charge in [0.15, 0.2) is 0 Å². The SMILES string of the molecule is CNC1CCC(OC(C)C(=O)N2CCOCC2)CC1. The molecule has 0 spiro atoms. The number of carbonyl (C=O) groups excluding carboxylic acids is 1. The summed E-state index contributed by atoms with van der Waals surface area (Å²) in [6, 6.07) is 0.616. The number of nitrogens with one attached hydrogen (secondary N) is 1. The third-order valence-electron chi connectivity index (χ3n) is 4.15. The minimum absolute atomic E-state index is 0.110. The van der Waals surface area contributed by atoms with Gasteiger partial charge in [-0.1, -0.05) is 0 Å². The molecular weight excluding hydrogens is 244 g/mol. The van der Waals surface area contributed by atoms with Crippen LogP contribution in [-0.4, -0.2) is 62.4 Å². The second kappa shape index (κ2) is 7.22. The summed E-state index contributed by atoms with van der Waals surface area (Å²) in [5, 5.41) is 3.31. The van der Waals surface area contributed by atoms with Gasteiger partial charge in [0.2, 0.25) is 0 Å². The average molecular weight is 270 g/mol. The van der Waals surface area contributed by atoms with Crippen LogP contribution in [0, 0.1) is 0 Å². The number of hydrogen-bond acceptors (Lipinski definition) is 4. The third kappa shape index (κ3) is 4.16. The molecule has 1 unspecified atom stereocenters. The van der Waals surface area contributed by atoms with E-state index in [0.717, 1.165) is 25.7 Å². The van der Waals surface area contributed by atoms with Crippen molar-refractivity contribution in [3.8, 4) is 0 Å². The molecule has 1 saturated heterocycles. The Morgan fingerprint density at radius 1 is 1.26 bits per heavy atom. The molecule has 1 N–H and O–H groups in total. The first-order valence-corrected chi connectivity index (χ1v) is 7.40. The average Bonchev–Trinajstić information content (AvgIpc) is 2.48. The molecule has 1 aliphatic carbocycles. The fourth-order valence-corrected chi connectivity index (χ4v) is 2.88. The molecule has 19 heavy (non-hydrogen) atoms. The molecule has 1 saturated carbocycles. The van der Waals surface area contributed by atoms with Crippen molar-refractivity contribution >= 4 is 5.91 Å². The first kappa shape index (κ1) is 14.8. The Morgan fingerprint density at radius 2 is 1.89 bits per heavy atom. The molecule has 1 aliphatic heterocycles. The van der Waals surface area contributed by atoms with Crippen molar-refractivity contribution in [1.29, 1.82) is 0 Å². The molecule has 1 amide bonds. The molecule has 0 bridgehead atoms. The minimum atomic E-state index is -0.325. The van der Waals surface area contributed by atoms with E-state index in [4.69, 9.17) is 9.47 Å². The number of morpholine rings is 1. The highest BCUT2D eigenvalue weighted by molar-refractivity contribution is 5.80. The van der Waals surface area contributed by atoms with E-state index < -0.39 is 0 Å². The fourth-order valence-electron chi connectivity index (χ4n) is 2.88. The number of rotatable bonds is 4. The Morgan fingerprint density at radius 3 is 2.47 bits per heavy atom. The third-order valence-corrected chi connectivity index (χ3v) is 4.15. The van der Waals surface area contributed by atoms with E-state index in [0.29, 0.717) is 32.3 Å². The molecule has 5 nitrogen and oxygen atoms in total. The summed E-state index contributed by atoms with van der Waals surface area (Å²) in [5.74, 6) is 0.110. The van der Waals surface area contributed by atoms with Gasteiger partial charge in [-0.2, -0.15) is 0 Å². The highest BCUT2D eigenvalue weighted by Crippen LogP contribution is 2.22. The molecule has 110 valence electrons. The summed E-state index contributed by atoms with van der Waals surface area (Å²) in [6.07, 6.45) is 4.29. The van der Waals surface area contributed by atoms with Crippen molar-refractivity contribution < 1.29 is 14.3 Å². The van der Waals surface area contributed by atoms with Gasteiger partial charge in [-0.25, -0.2) is 0 Å². The predicted molar refractivity (Wildman–Crippen MR) is 73.0 cm³/mol. The summed E-state index contributed by atoms with van der Waals surface area (Å²) in [4.78, 5) is 14.1. The molecule has 2 rings (SSSR count). The lowest BCUT2D eigenvalue weighted by molar-refractivity contribution is -0.151. The van der Waals surface area contributed by atoms with Crippen LogP contribution in [0.25, 0.3) is 0 Å². The van der Waals surface area contributed by atoms with Crippen molar-refractivity contribution in [3.63, 3.8) is 0 Å². The van der Waals surface area contributed by atoms with Gasteiger partial charge in [0.1, 0.15) is 6.10 Å².